The summed E-state index contributed by atoms with van der Waals surface area (Å²) in [6, 6.07) is 5.27. The minimum Gasteiger partial charge on any atom is -0.326 e. The largest absolute Gasteiger partial charge is 0.326 e. The molecule has 3 rings (SSSR count). The fraction of sp³-hybridized carbons (Fsp3) is 0.471. The van der Waals surface area contributed by atoms with Gasteiger partial charge in [-0.15, -0.1) is 0 Å². The molecule has 0 radical (unpaired) electrons. The molecule has 1 saturated heterocycles. The molecule has 1 aliphatic heterocycles. The van der Waals surface area contributed by atoms with Crippen molar-refractivity contribution < 1.29 is 21.6 Å². The Kier molecular flexibility index (Phi) is 5.50. The minimum absolute atomic E-state index is 0.00133. The molecule has 2 N–H and O–H groups in total. The summed E-state index contributed by atoms with van der Waals surface area (Å²) in [5.41, 5.74) is 0.527. The molecule has 1 heterocycles. The first-order chi connectivity index (χ1) is 12.2. The lowest BCUT2D eigenvalue weighted by molar-refractivity contribution is -0.116. The minimum atomic E-state index is -3.79. The molecule has 0 unspecified atom stereocenters. The van der Waals surface area contributed by atoms with Crippen LogP contribution in [0.3, 0.4) is 0 Å². The molecule has 1 aromatic carbocycles. The second-order valence-corrected chi connectivity index (χ2v) is 10.7. The van der Waals surface area contributed by atoms with E-state index in [1.807, 2.05) is 6.08 Å². The van der Waals surface area contributed by atoms with Gasteiger partial charge in [0.1, 0.15) is 0 Å². The summed E-state index contributed by atoms with van der Waals surface area (Å²) in [6.07, 6.45) is 6.79. The van der Waals surface area contributed by atoms with Gasteiger partial charge in [-0.3, -0.25) is 4.79 Å². The quantitative estimate of drug-likeness (QED) is 0.705. The second-order valence-electron chi connectivity index (χ2n) is 6.76. The van der Waals surface area contributed by atoms with Crippen LogP contribution in [-0.4, -0.2) is 40.3 Å². The van der Waals surface area contributed by atoms with Crippen molar-refractivity contribution in [2.45, 2.75) is 36.6 Å². The number of carbonyl (C=O) groups is 1. The van der Waals surface area contributed by atoms with E-state index >= 15 is 0 Å². The van der Waals surface area contributed by atoms with E-state index in [1.165, 1.54) is 24.3 Å². The van der Waals surface area contributed by atoms with Crippen molar-refractivity contribution in [3.05, 3.63) is 36.4 Å². The molecule has 1 fully saturated rings. The summed E-state index contributed by atoms with van der Waals surface area (Å²) >= 11 is 0. The van der Waals surface area contributed by atoms with Crippen LogP contribution in [-0.2, 0) is 24.7 Å². The third-order valence-corrected chi connectivity index (χ3v) is 7.87. The molecule has 7 nitrogen and oxygen atoms in total. The van der Waals surface area contributed by atoms with E-state index in [0.717, 1.165) is 12.8 Å². The van der Waals surface area contributed by atoms with Gasteiger partial charge < -0.3 is 5.32 Å². The molecule has 1 aliphatic carbocycles. The number of carbonyl (C=O) groups excluding carboxylic acids is 1. The zero-order valence-electron chi connectivity index (χ0n) is 14.2. The molecule has 2 aliphatic rings. The fourth-order valence-electron chi connectivity index (χ4n) is 3.21. The summed E-state index contributed by atoms with van der Waals surface area (Å²) in [5, 5.41) is 2.76. The van der Waals surface area contributed by atoms with Crippen LogP contribution >= 0.6 is 0 Å². The Balaban J connectivity index is 1.59. The third-order valence-electron chi connectivity index (χ3n) is 4.56. The standard InChI is InChI=1S/C17H22N2O5S2/c20-17(11-13-3-1-2-4-13)18-14-5-7-16(8-6-14)26(23,24)19-15-9-10-25(21,22)12-15/h1,3,5-8,13,15,19H,2,4,9-12H2,(H,18,20)/t13-,15-/m1/s1. The van der Waals surface area contributed by atoms with Gasteiger partial charge in [-0.2, -0.15) is 0 Å². The highest BCUT2D eigenvalue weighted by molar-refractivity contribution is 7.92. The van der Waals surface area contributed by atoms with Crippen LogP contribution in [0.25, 0.3) is 0 Å². The van der Waals surface area contributed by atoms with Gasteiger partial charge >= 0.3 is 0 Å². The molecule has 26 heavy (non-hydrogen) atoms. The summed E-state index contributed by atoms with van der Waals surface area (Å²) < 4.78 is 50.1. The monoisotopic (exact) mass is 398 g/mol. The van der Waals surface area contributed by atoms with Crippen molar-refractivity contribution in [1.29, 1.82) is 0 Å². The number of hydrogen-bond acceptors (Lipinski definition) is 5. The van der Waals surface area contributed by atoms with Gasteiger partial charge in [0.25, 0.3) is 0 Å². The molecular weight excluding hydrogens is 376 g/mol. The molecule has 0 bridgehead atoms. The predicted molar refractivity (Wildman–Crippen MR) is 98.9 cm³/mol. The Morgan fingerprint density at radius 1 is 1.15 bits per heavy atom. The number of allylic oxidation sites excluding steroid dienone is 2. The van der Waals surface area contributed by atoms with E-state index < -0.39 is 25.9 Å². The number of rotatable bonds is 6. The summed E-state index contributed by atoms with van der Waals surface area (Å²) in [5.74, 6) is -0.00915. The summed E-state index contributed by atoms with van der Waals surface area (Å²) in [7, 11) is -6.95. The molecule has 1 aromatic rings. The number of hydrogen-bond donors (Lipinski definition) is 2. The van der Waals surface area contributed by atoms with Gasteiger partial charge in [-0.1, -0.05) is 12.2 Å². The predicted octanol–water partition coefficient (Wildman–Crippen LogP) is 1.45. The van der Waals surface area contributed by atoms with Crippen molar-refractivity contribution >= 4 is 31.5 Å². The molecule has 9 heteroatoms. The summed E-state index contributed by atoms with van der Waals surface area (Å²) in [6.45, 7) is 0. The van der Waals surface area contributed by atoms with E-state index in [9.17, 15) is 21.6 Å². The van der Waals surface area contributed by atoms with E-state index in [2.05, 4.69) is 16.1 Å². The first-order valence-electron chi connectivity index (χ1n) is 8.53. The number of benzene rings is 1. The van der Waals surface area contributed by atoms with Gasteiger partial charge in [0, 0.05) is 18.2 Å². The first kappa shape index (κ1) is 19.1. The molecular formula is C17H22N2O5S2. The molecule has 0 spiro atoms. The van der Waals surface area contributed by atoms with Crippen molar-refractivity contribution in [3.63, 3.8) is 0 Å². The Labute approximate surface area is 153 Å². The number of anilines is 1. The number of amides is 1. The van der Waals surface area contributed by atoms with Crippen LogP contribution in [0, 0.1) is 5.92 Å². The lowest BCUT2D eigenvalue weighted by atomic mass is 10.1. The average molecular weight is 399 g/mol. The van der Waals surface area contributed by atoms with E-state index in [-0.39, 0.29) is 34.6 Å². The van der Waals surface area contributed by atoms with Gasteiger partial charge in [0.15, 0.2) is 9.84 Å². The number of sulfone groups is 1. The Hall–Kier alpha value is -1.71. The van der Waals surface area contributed by atoms with E-state index in [4.69, 9.17) is 0 Å². The van der Waals surface area contributed by atoms with E-state index in [0.29, 0.717) is 12.1 Å². The first-order valence-corrected chi connectivity index (χ1v) is 11.8. The molecule has 2 atom stereocenters. The highest BCUT2D eigenvalue weighted by Gasteiger charge is 2.31. The van der Waals surface area contributed by atoms with Gasteiger partial charge in [-0.05, 0) is 49.4 Å². The van der Waals surface area contributed by atoms with Gasteiger partial charge in [0.05, 0.1) is 16.4 Å². The van der Waals surface area contributed by atoms with Gasteiger partial charge in [-0.25, -0.2) is 21.6 Å². The van der Waals surface area contributed by atoms with E-state index in [1.54, 1.807) is 0 Å². The van der Waals surface area contributed by atoms with Crippen LogP contribution < -0.4 is 10.0 Å². The Morgan fingerprint density at radius 3 is 2.46 bits per heavy atom. The van der Waals surface area contributed by atoms with Crippen molar-refractivity contribution in [2.75, 3.05) is 16.8 Å². The van der Waals surface area contributed by atoms with Crippen molar-refractivity contribution in [1.82, 2.24) is 4.72 Å². The van der Waals surface area contributed by atoms with Crippen molar-refractivity contribution in [3.8, 4) is 0 Å². The van der Waals surface area contributed by atoms with Crippen LogP contribution in [0.2, 0.25) is 0 Å². The lowest BCUT2D eigenvalue weighted by Gasteiger charge is -2.12. The van der Waals surface area contributed by atoms with Gasteiger partial charge in [0.2, 0.25) is 15.9 Å². The maximum absolute atomic E-state index is 12.4. The van der Waals surface area contributed by atoms with Crippen molar-refractivity contribution in [2.24, 2.45) is 5.92 Å². The normalized spacial score (nSPS) is 24.6. The average Bonchev–Trinajstić information content (AvgIpc) is 3.16. The summed E-state index contributed by atoms with van der Waals surface area (Å²) in [4.78, 5) is 12.0. The third kappa shape index (κ3) is 4.93. The highest BCUT2D eigenvalue weighted by Crippen LogP contribution is 2.22. The molecule has 0 saturated carbocycles. The molecule has 142 valence electrons. The second kappa shape index (κ2) is 7.50. The highest BCUT2D eigenvalue weighted by atomic mass is 32.2. The zero-order valence-corrected chi connectivity index (χ0v) is 15.9. The number of nitrogens with one attached hydrogen (secondary N) is 2. The topological polar surface area (TPSA) is 109 Å². The molecule has 0 aromatic heterocycles. The van der Waals surface area contributed by atoms with Crippen LogP contribution in [0.15, 0.2) is 41.3 Å². The molecule has 1 amide bonds. The fourth-order valence-corrected chi connectivity index (χ4v) is 6.26. The smallest absolute Gasteiger partial charge is 0.240 e. The van der Waals surface area contributed by atoms with Crippen LogP contribution in [0.1, 0.15) is 25.7 Å². The SMILES string of the molecule is O=C(C[C@@H]1C=CCC1)Nc1ccc(S(=O)(=O)N[C@@H]2CCS(=O)(=O)C2)cc1. The number of sulfonamides is 1. The van der Waals surface area contributed by atoms with Crippen LogP contribution in [0.4, 0.5) is 5.69 Å². The Bertz CT molecular complexity index is 905. The lowest BCUT2D eigenvalue weighted by Crippen LogP contribution is -2.35. The zero-order chi connectivity index (χ0) is 18.8. The maximum Gasteiger partial charge on any atom is 0.240 e. The maximum atomic E-state index is 12.4. The Morgan fingerprint density at radius 2 is 1.88 bits per heavy atom. The van der Waals surface area contributed by atoms with Crippen LogP contribution in [0.5, 0.6) is 0 Å².